The van der Waals surface area contributed by atoms with Crippen molar-refractivity contribution >= 4 is 34.4 Å². The van der Waals surface area contributed by atoms with Crippen LogP contribution in [0.1, 0.15) is 18.0 Å². The number of hydrogen-bond acceptors (Lipinski definition) is 9. The fourth-order valence-corrected chi connectivity index (χ4v) is 5.22. The Kier molecular flexibility index (Phi) is 6.23. The number of aromatic nitrogens is 2. The van der Waals surface area contributed by atoms with E-state index in [4.69, 9.17) is 19.2 Å². The lowest BCUT2D eigenvalue weighted by Crippen LogP contribution is -2.37. The molecule has 5 heterocycles. The summed E-state index contributed by atoms with van der Waals surface area (Å²) in [4.78, 5) is 35.2. The first-order valence-corrected chi connectivity index (χ1v) is 12.4. The monoisotopic (exact) mass is 504 g/mol. The van der Waals surface area contributed by atoms with Crippen LogP contribution in [0.25, 0.3) is 11.0 Å². The molecular weight excluding hydrogens is 476 g/mol. The van der Waals surface area contributed by atoms with Crippen molar-refractivity contribution < 1.29 is 23.8 Å². The summed E-state index contributed by atoms with van der Waals surface area (Å²) in [6.07, 6.45) is 2.06. The molecular formula is C26H28N6O5. The molecule has 37 heavy (non-hydrogen) atoms. The van der Waals surface area contributed by atoms with Crippen LogP contribution in [0.4, 0.5) is 16.2 Å². The predicted molar refractivity (Wildman–Crippen MR) is 136 cm³/mol. The van der Waals surface area contributed by atoms with Gasteiger partial charge in [-0.2, -0.15) is 0 Å². The molecule has 11 nitrogen and oxygen atoms in total. The van der Waals surface area contributed by atoms with Crippen LogP contribution in [0.2, 0.25) is 0 Å². The average molecular weight is 505 g/mol. The summed E-state index contributed by atoms with van der Waals surface area (Å²) in [7, 11) is 1.60. The van der Waals surface area contributed by atoms with E-state index >= 15 is 0 Å². The van der Waals surface area contributed by atoms with Crippen molar-refractivity contribution in [3.05, 3.63) is 48.2 Å². The number of pyridine rings is 2. The van der Waals surface area contributed by atoms with Crippen LogP contribution >= 0.6 is 0 Å². The molecule has 2 unspecified atom stereocenters. The molecule has 3 N–H and O–H groups in total. The van der Waals surface area contributed by atoms with Crippen LogP contribution in [0.3, 0.4) is 0 Å². The quantitative estimate of drug-likeness (QED) is 0.444. The maximum absolute atomic E-state index is 12.7. The third-order valence-electron chi connectivity index (χ3n) is 7.05. The van der Waals surface area contributed by atoms with E-state index in [2.05, 4.69) is 20.9 Å². The van der Waals surface area contributed by atoms with E-state index in [1.54, 1.807) is 36.4 Å². The summed E-state index contributed by atoms with van der Waals surface area (Å²) >= 11 is 0. The standard InChI is InChI=1S/C26H28N6O5/c1-35-23-5-3-19-25(31-23)18(7-9-28-19)24(15-6-8-27-11-15)29-12-17-13-32(26(34)37-17)16-2-4-21-20(10-16)30-22(33)14-36-21/h2-5,7,9-10,15,17,24,27,29H,6,8,11-14H2,1H3,(H,30,33)/t15?,17?,24-/m0/s1. The van der Waals surface area contributed by atoms with Crippen LogP contribution < -0.4 is 30.3 Å². The van der Waals surface area contributed by atoms with E-state index in [0.717, 1.165) is 36.1 Å². The minimum absolute atomic E-state index is 0.0102. The van der Waals surface area contributed by atoms with E-state index < -0.39 is 6.09 Å². The molecule has 0 saturated carbocycles. The molecule has 0 radical (unpaired) electrons. The van der Waals surface area contributed by atoms with E-state index in [9.17, 15) is 9.59 Å². The first-order valence-electron chi connectivity index (χ1n) is 12.4. The number of carbonyl (C=O) groups excluding carboxylic acids is 2. The Morgan fingerprint density at radius 2 is 2.16 bits per heavy atom. The molecule has 3 aliphatic heterocycles. The molecule has 1 aromatic carbocycles. The second-order valence-corrected chi connectivity index (χ2v) is 9.39. The molecule has 11 heteroatoms. The second kappa shape index (κ2) is 9.83. The highest BCUT2D eigenvalue weighted by atomic mass is 16.6. The van der Waals surface area contributed by atoms with Gasteiger partial charge in [-0.15, -0.1) is 0 Å². The molecule has 2 fully saturated rings. The van der Waals surface area contributed by atoms with Crippen molar-refractivity contribution in [1.29, 1.82) is 0 Å². The van der Waals surface area contributed by atoms with Gasteiger partial charge in [-0.1, -0.05) is 0 Å². The lowest BCUT2D eigenvalue weighted by Gasteiger charge is -2.26. The normalized spacial score (nSPS) is 21.8. The Balaban J connectivity index is 1.21. The number of anilines is 2. The first kappa shape index (κ1) is 23.4. The van der Waals surface area contributed by atoms with Gasteiger partial charge in [-0.05, 0) is 61.3 Å². The maximum Gasteiger partial charge on any atom is 0.414 e. The number of nitrogens with one attached hydrogen (secondary N) is 3. The van der Waals surface area contributed by atoms with Crippen LogP contribution in [0, 0.1) is 5.92 Å². The third kappa shape index (κ3) is 4.63. The SMILES string of the molecule is COc1ccc2nccc([C@@H](NCC3CN(c4ccc5c(c4)NC(=O)CO5)C(=O)O3)C3CCNC3)c2n1. The van der Waals surface area contributed by atoms with Crippen LogP contribution in [-0.4, -0.2) is 68.0 Å². The molecule has 2 aromatic heterocycles. The Bertz CT molecular complexity index is 1340. The summed E-state index contributed by atoms with van der Waals surface area (Å²) in [6, 6.07) is 11.0. The number of carbonyl (C=O) groups is 2. The summed E-state index contributed by atoms with van der Waals surface area (Å²) in [6.45, 7) is 2.68. The highest BCUT2D eigenvalue weighted by Crippen LogP contribution is 2.34. The average Bonchev–Trinajstić information content (AvgIpc) is 3.58. The maximum atomic E-state index is 12.7. The van der Waals surface area contributed by atoms with Gasteiger partial charge in [0.15, 0.2) is 6.61 Å². The molecule has 6 rings (SSSR count). The Labute approximate surface area is 213 Å². The van der Waals surface area contributed by atoms with Gasteiger partial charge in [0.05, 0.1) is 30.4 Å². The predicted octanol–water partition coefficient (Wildman–Crippen LogP) is 2.23. The van der Waals surface area contributed by atoms with E-state index in [0.29, 0.717) is 42.0 Å². The molecule has 0 aliphatic carbocycles. The number of rotatable bonds is 7. The fourth-order valence-electron chi connectivity index (χ4n) is 5.22. The smallest absolute Gasteiger partial charge is 0.414 e. The molecule has 2 saturated heterocycles. The highest BCUT2D eigenvalue weighted by Gasteiger charge is 2.35. The summed E-state index contributed by atoms with van der Waals surface area (Å²) in [5.74, 6) is 1.24. The molecule has 3 aromatic rings. The Hall–Kier alpha value is -3.96. The number of hydrogen-bond donors (Lipinski definition) is 3. The van der Waals surface area contributed by atoms with Gasteiger partial charge in [0.1, 0.15) is 11.9 Å². The van der Waals surface area contributed by atoms with Gasteiger partial charge in [-0.3, -0.25) is 14.7 Å². The van der Waals surface area contributed by atoms with Crippen molar-refractivity contribution in [2.24, 2.45) is 5.92 Å². The number of ether oxygens (including phenoxy) is 3. The van der Waals surface area contributed by atoms with E-state index in [-0.39, 0.29) is 24.7 Å². The second-order valence-electron chi connectivity index (χ2n) is 9.39. The largest absolute Gasteiger partial charge is 0.482 e. The van der Waals surface area contributed by atoms with E-state index in [1.165, 1.54) is 0 Å². The first-order chi connectivity index (χ1) is 18.1. The molecule has 3 aliphatic rings. The summed E-state index contributed by atoms with van der Waals surface area (Å²) < 4.78 is 16.5. The molecule has 3 atom stereocenters. The zero-order chi connectivity index (χ0) is 25.4. The van der Waals surface area contributed by atoms with Crippen LogP contribution in [0.5, 0.6) is 11.6 Å². The van der Waals surface area contributed by atoms with Crippen molar-refractivity contribution in [2.45, 2.75) is 18.6 Å². The number of cyclic esters (lactones) is 1. The van der Waals surface area contributed by atoms with Gasteiger partial charge in [-0.25, -0.2) is 9.78 Å². The number of benzene rings is 1. The van der Waals surface area contributed by atoms with Crippen molar-refractivity contribution in [2.75, 3.05) is 50.1 Å². The Morgan fingerprint density at radius 3 is 3.00 bits per heavy atom. The van der Waals surface area contributed by atoms with Gasteiger partial charge in [0.25, 0.3) is 5.91 Å². The molecule has 0 spiro atoms. The number of nitrogens with zero attached hydrogens (tertiary/aromatic N) is 3. The number of fused-ring (bicyclic) bond motifs is 2. The lowest BCUT2D eigenvalue weighted by atomic mass is 9.91. The van der Waals surface area contributed by atoms with Gasteiger partial charge in [0.2, 0.25) is 5.88 Å². The minimum atomic E-state index is -0.422. The number of methoxy groups -OCH3 is 1. The fraction of sp³-hybridized carbons (Fsp3) is 0.385. The highest BCUT2D eigenvalue weighted by molar-refractivity contribution is 5.97. The summed E-state index contributed by atoms with van der Waals surface area (Å²) in [5, 5.41) is 9.90. The molecule has 2 amide bonds. The lowest BCUT2D eigenvalue weighted by molar-refractivity contribution is -0.118. The summed E-state index contributed by atoms with van der Waals surface area (Å²) in [5.41, 5.74) is 3.84. The van der Waals surface area contributed by atoms with Gasteiger partial charge < -0.3 is 30.2 Å². The zero-order valence-electron chi connectivity index (χ0n) is 20.4. The van der Waals surface area contributed by atoms with Crippen molar-refractivity contribution in [3.8, 4) is 11.6 Å². The third-order valence-corrected chi connectivity index (χ3v) is 7.05. The van der Waals surface area contributed by atoms with Crippen LogP contribution in [-0.2, 0) is 9.53 Å². The topological polar surface area (TPSA) is 127 Å². The number of amides is 2. The zero-order valence-corrected chi connectivity index (χ0v) is 20.4. The van der Waals surface area contributed by atoms with Gasteiger partial charge in [0, 0.05) is 30.5 Å². The molecule has 0 bridgehead atoms. The Morgan fingerprint density at radius 1 is 1.24 bits per heavy atom. The van der Waals surface area contributed by atoms with E-state index in [1.807, 2.05) is 18.2 Å². The van der Waals surface area contributed by atoms with Crippen LogP contribution in [0.15, 0.2) is 42.6 Å². The minimum Gasteiger partial charge on any atom is -0.482 e. The van der Waals surface area contributed by atoms with Crippen molar-refractivity contribution in [3.63, 3.8) is 0 Å². The van der Waals surface area contributed by atoms with Gasteiger partial charge >= 0.3 is 6.09 Å². The molecule has 192 valence electrons. The van der Waals surface area contributed by atoms with Crippen molar-refractivity contribution in [1.82, 2.24) is 20.6 Å².